The first-order valence-corrected chi connectivity index (χ1v) is 7.01. The number of hydrogen-bond acceptors (Lipinski definition) is 3. The van der Waals surface area contributed by atoms with Gasteiger partial charge in [0.1, 0.15) is 6.07 Å². The van der Waals surface area contributed by atoms with E-state index < -0.39 is 0 Å². The first kappa shape index (κ1) is 14.2. The van der Waals surface area contributed by atoms with Gasteiger partial charge < -0.3 is 9.64 Å². The van der Waals surface area contributed by atoms with E-state index in [-0.39, 0.29) is 0 Å². The SMILES string of the molecule is COCCN(c1cccc(Cl)c1C#N)C(C)C1CC1. The second-order valence-electron chi connectivity index (χ2n) is 5.01. The van der Waals surface area contributed by atoms with Gasteiger partial charge in [0.15, 0.2) is 0 Å². The van der Waals surface area contributed by atoms with Crippen molar-refractivity contribution >= 4 is 17.3 Å². The average Bonchev–Trinajstić information content (AvgIpc) is 3.23. The van der Waals surface area contributed by atoms with E-state index in [1.807, 2.05) is 12.1 Å². The summed E-state index contributed by atoms with van der Waals surface area (Å²) in [5.41, 5.74) is 1.49. The van der Waals surface area contributed by atoms with Crippen LogP contribution in [0.5, 0.6) is 0 Å². The number of nitriles is 1. The third-order valence-corrected chi connectivity index (χ3v) is 4.06. The van der Waals surface area contributed by atoms with Crippen LogP contribution in [0.2, 0.25) is 5.02 Å². The van der Waals surface area contributed by atoms with Crippen molar-refractivity contribution in [3.63, 3.8) is 0 Å². The van der Waals surface area contributed by atoms with E-state index in [2.05, 4.69) is 17.9 Å². The van der Waals surface area contributed by atoms with Gasteiger partial charge in [0.25, 0.3) is 0 Å². The standard InChI is InChI=1S/C15H19ClN2O/c1-11(12-6-7-12)18(8-9-19-2)15-5-3-4-14(16)13(15)10-17/h3-5,11-12H,6-9H2,1-2H3. The Morgan fingerprint density at radius 3 is 2.84 bits per heavy atom. The topological polar surface area (TPSA) is 36.3 Å². The summed E-state index contributed by atoms with van der Waals surface area (Å²) in [7, 11) is 1.70. The highest BCUT2D eigenvalue weighted by Crippen LogP contribution is 2.38. The molecule has 1 aromatic carbocycles. The van der Waals surface area contributed by atoms with Crippen molar-refractivity contribution < 1.29 is 4.74 Å². The second-order valence-corrected chi connectivity index (χ2v) is 5.42. The van der Waals surface area contributed by atoms with E-state index in [9.17, 15) is 5.26 Å². The largest absolute Gasteiger partial charge is 0.383 e. The Morgan fingerprint density at radius 2 is 2.26 bits per heavy atom. The zero-order valence-electron chi connectivity index (χ0n) is 11.4. The Labute approximate surface area is 119 Å². The molecule has 0 saturated heterocycles. The van der Waals surface area contributed by atoms with Gasteiger partial charge in [-0.2, -0.15) is 5.26 Å². The van der Waals surface area contributed by atoms with Gasteiger partial charge >= 0.3 is 0 Å². The van der Waals surface area contributed by atoms with Gasteiger partial charge in [-0.25, -0.2) is 0 Å². The van der Waals surface area contributed by atoms with Crippen molar-refractivity contribution in [3.8, 4) is 6.07 Å². The minimum atomic E-state index is 0.417. The second kappa shape index (κ2) is 6.27. The smallest absolute Gasteiger partial charge is 0.103 e. The van der Waals surface area contributed by atoms with E-state index in [0.29, 0.717) is 23.2 Å². The van der Waals surface area contributed by atoms with Crippen LogP contribution in [0.4, 0.5) is 5.69 Å². The molecular weight excluding hydrogens is 260 g/mol. The lowest BCUT2D eigenvalue weighted by Gasteiger charge is -2.32. The molecule has 0 amide bonds. The minimum Gasteiger partial charge on any atom is -0.383 e. The number of benzene rings is 1. The summed E-state index contributed by atoms with van der Waals surface area (Å²) in [5, 5.41) is 9.84. The number of rotatable bonds is 6. The summed E-state index contributed by atoms with van der Waals surface area (Å²) in [5.74, 6) is 0.724. The molecule has 4 heteroatoms. The highest BCUT2D eigenvalue weighted by atomic mass is 35.5. The Bertz CT molecular complexity index is 480. The Balaban J connectivity index is 2.31. The quantitative estimate of drug-likeness (QED) is 0.799. The summed E-state index contributed by atoms with van der Waals surface area (Å²) < 4.78 is 5.19. The zero-order chi connectivity index (χ0) is 13.8. The van der Waals surface area contributed by atoms with Crippen LogP contribution in [0.1, 0.15) is 25.3 Å². The molecule has 1 aliphatic carbocycles. The highest BCUT2D eigenvalue weighted by molar-refractivity contribution is 6.32. The van der Waals surface area contributed by atoms with Crippen molar-refractivity contribution in [1.82, 2.24) is 0 Å². The Hall–Kier alpha value is -1.24. The zero-order valence-corrected chi connectivity index (χ0v) is 12.2. The molecule has 0 aliphatic heterocycles. The number of anilines is 1. The molecule has 3 nitrogen and oxygen atoms in total. The first-order valence-electron chi connectivity index (χ1n) is 6.63. The van der Waals surface area contributed by atoms with Crippen molar-refractivity contribution in [1.29, 1.82) is 5.26 Å². The highest BCUT2D eigenvalue weighted by Gasteiger charge is 2.33. The van der Waals surface area contributed by atoms with Crippen LogP contribution >= 0.6 is 11.6 Å². The molecule has 1 fully saturated rings. The monoisotopic (exact) mass is 278 g/mol. The van der Waals surface area contributed by atoms with Gasteiger partial charge in [-0.15, -0.1) is 0 Å². The number of methoxy groups -OCH3 is 1. The lowest BCUT2D eigenvalue weighted by molar-refractivity contribution is 0.202. The lowest BCUT2D eigenvalue weighted by Crippen LogP contribution is -2.37. The number of halogens is 1. The minimum absolute atomic E-state index is 0.417. The van der Waals surface area contributed by atoms with Gasteiger partial charge in [-0.3, -0.25) is 0 Å². The molecule has 0 radical (unpaired) electrons. The third kappa shape index (κ3) is 3.20. The summed E-state index contributed by atoms with van der Waals surface area (Å²) in [6.07, 6.45) is 2.54. The van der Waals surface area contributed by atoms with Crippen LogP contribution in [0, 0.1) is 17.2 Å². The summed E-state index contributed by atoms with van der Waals surface area (Å²) in [6, 6.07) is 8.27. The predicted molar refractivity (Wildman–Crippen MR) is 77.6 cm³/mol. The van der Waals surface area contributed by atoms with Gasteiger partial charge in [0.05, 0.1) is 22.9 Å². The number of ether oxygens (including phenoxy) is 1. The van der Waals surface area contributed by atoms with E-state index in [4.69, 9.17) is 16.3 Å². The van der Waals surface area contributed by atoms with Crippen LogP contribution in [0.15, 0.2) is 18.2 Å². The number of nitrogens with zero attached hydrogens (tertiary/aromatic N) is 2. The van der Waals surface area contributed by atoms with Gasteiger partial charge in [0, 0.05) is 19.7 Å². The van der Waals surface area contributed by atoms with Crippen LogP contribution in [0.3, 0.4) is 0 Å². The fourth-order valence-electron chi connectivity index (χ4n) is 2.43. The van der Waals surface area contributed by atoms with Crippen LogP contribution in [-0.4, -0.2) is 26.3 Å². The van der Waals surface area contributed by atoms with Gasteiger partial charge in [0.2, 0.25) is 0 Å². The maximum absolute atomic E-state index is 9.32. The molecule has 1 unspecified atom stereocenters. The molecule has 0 aromatic heterocycles. The fourth-order valence-corrected chi connectivity index (χ4v) is 2.64. The first-order chi connectivity index (χ1) is 9.19. The molecule has 102 valence electrons. The van der Waals surface area contributed by atoms with Crippen LogP contribution < -0.4 is 4.90 Å². The molecule has 1 saturated carbocycles. The Kier molecular flexibility index (Phi) is 4.68. The fraction of sp³-hybridized carbons (Fsp3) is 0.533. The molecule has 19 heavy (non-hydrogen) atoms. The molecule has 1 aliphatic rings. The lowest BCUT2D eigenvalue weighted by atomic mass is 10.1. The van der Waals surface area contributed by atoms with E-state index in [1.165, 1.54) is 12.8 Å². The number of hydrogen-bond donors (Lipinski definition) is 0. The van der Waals surface area contributed by atoms with Crippen molar-refractivity contribution in [2.75, 3.05) is 25.2 Å². The van der Waals surface area contributed by atoms with Crippen LogP contribution in [-0.2, 0) is 4.74 Å². The summed E-state index contributed by atoms with van der Waals surface area (Å²) >= 11 is 6.13. The van der Waals surface area contributed by atoms with Crippen molar-refractivity contribution in [2.45, 2.75) is 25.8 Å². The molecule has 0 N–H and O–H groups in total. The van der Waals surface area contributed by atoms with Crippen LogP contribution in [0.25, 0.3) is 0 Å². The average molecular weight is 279 g/mol. The molecular formula is C15H19ClN2O. The molecule has 1 aromatic rings. The van der Waals surface area contributed by atoms with E-state index in [0.717, 1.165) is 18.2 Å². The molecule has 0 spiro atoms. The summed E-state index contributed by atoms with van der Waals surface area (Å²) in [4.78, 5) is 2.26. The summed E-state index contributed by atoms with van der Waals surface area (Å²) in [6.45, 7) is 3.65. The molecule has 1 atom stereocenters. The molecule has 2 rings (SSSR count). The van der Waals surface area contributed by atoms with Gasteiger partial charge in [-0.05, 0) is 37.8 Å². The molecule has 0 heterocycles. The van der Waals surface area contributed by atoms with E-state index in [1.54, 1.807) is 13.2 Å². The van der Waals surface area contributed by atoms with E-state index >= 15 is 0 Å². The Morgan fingerprint density at radius 1 is 1.53 bits per heavy atom. The van der Waals surface area contributed by atoms with Gasteiger partial charge in [-0.1, -0.05) is 17.7 Å². The maximum atomic E-state index is 9.32. The third-order valence-electron chi connectivity index (χ3n) is 3.75. The van der Waals surface area contributed by atoms with Crippen molar-refractivity contribution in [3.05, 3.63) is 28.8 Å². The maximum Gasteiger partial charge on any atom is 0.103 e. The van der Waals surface area contributed by atoms with Crippen molar-refractivity contribution in [2.24, 2.45) is 5.92 Å². The molecule has 0 bridgehead atoms. The normalized spacial score (nSPS) is 15.9. The predicted octanol–water partition coefficient (Wildman–Crippen LogP) is 3.46.